The van der Waals surface area contributed by atoms with Crippen LogP contribution < -0.4 is 5.32 Å². The van der Waals surface area contributed by atoms with Crippen LogP contribution >= 0.6 is 34.8 Å². The van der Waals surface area contributed by atoms with Crippen molar-refractivity contribution in [2.45, 2.75) is 13.0 Å². The zero-order valence-electron chi connectivity index (χ0n) is 12.3. The first-order chi connectivity index (χ1) is 11.3. The molecule has 0 heterocycles. The molecule has 0 aliphatic rings. The third-order valence-corrected chi connectivity index (χ3v) is 3.80. The van der Waals surface area contributed by atoms with Gasteiger partial charge in [0.05, 0.1) is 21.3 Å². The number of rotatable bonds is 4. The summed E-state index contributed by atoms with van der Waals surface area (Å²) in [7, 11) is 0. The highest BCUT2D eigenvalue weighted by Gasteiger charge is 2.21. The van der Waals surface area contributed by atoms with Crippen LogP contribution in [-0.2, 0) is 9.53 Å². The highest BCUT2D eigenvalue weighted by atomic mass is 35.5. The lowest BCUT2D eigenvalue weighted by atomic mass is 10.2. The van der Waals surface area contributed by atoms with E-state index in [2.05, 4.69) is 5.32 Å². The van der Waals surface area contributed by atoms with Gasteiger partial charge in [-0.05, 0) is 37.3 Å². The van der Waals surface area contributed by atoms with Crippen LogP contribution in [0.1, 0.15) is 17.3 Å². The first-order valence-corrected chi connectivity index (χ1v) is 7.86. The zero-order valence-corrected chi connectivity index (χ0v) is 14.6. The summed E-state index contributed by atoms with van der Waals surface area (Å²) in [5.41, 5.74) is 0.296. The summed E-state index contributed by atoms with van der Waals surface area (Å²) in [6.45, 7) is 1.40. The maximum absolute atomic E-state index is 12.1. The molecular formula is C16H12Cl3NO4. The van der Waals surface area contributed by atoms with Crippen LogP contribution in [0.2, 0.25) is 15.1 Å². The van der Waals surface area contributed by atoms with Gasteiger partial charge < -0.3 is 15.2 Å². The number of phenolic OH excluding ortho intramolecular Hbond substituents is 1. The number of amides is 1. The molecule has 0 radical (unpaired) electrons. The first kappa shape index (κ1) is 18.4. The summed E-state index contributed by atoms with van der Waals surface area (Å²) in [4.78, 5) is 24.1. The van der Waals surface area contributed by atoms with Crippen LogP contribution in [0.3, 0.4) is 0 Å². The number of nitrogens with one attached hydrogen (secondary N) is 1. The molecule has 0 saturated heterocycles. The SMILES string of the molecule is C[C@H](OC(=O)c1cccc(O)c1)C(=O)Nc1c(Cl)cc(Cl)cc1Cl. The van der Waals surface area contributed by atoms with Crippen molar-refractivity contribution in [1.29, 1.82) is 0 Å². The lowest BCUT2D eigenvalue weighted by Gasteiger charge is -2.15. The van der Waals surface area contributed by atoms with E-state index < -0.39 is 18.0 Å². The van der Waals surface area contributed by atoms with E-state index in [0.717, 1.165) is 0 Å². The number of phenols is 1. The molecular weight excluding hydrogens is 377 g/mol. The maximum Gasteiger partial charge on any atom is 0.339 e. The van der Waals surface area contributed by atoms with Gasteiger partial charge >= 0.3 is 5.97 Å². The highest BCUT2D eigenvalue weighted by molar-refractivity contribution is 6.42. The molecule has 126 valence electrons. The van der Waals surface area contributed by atoms with Crippen LogP contribution in [0.25, 0.3) is 0 Å². The quantitative estimate of drug-likeness (QED) is 0.754. The Kier molecular flexibility index (Phi) is 5.94. The van der Waals surface area contributed by atoms with Crippen molar-refractivity contribution >= 4 is 52.4 Å². The Morgan fingerprint density at radius 2 is 1.75 bits per heavy atom. The molecule has 2 rings (SSSR count). The maximum atomic E-state index is 12.1. The van der Waals surface area contributed by atoms with Gasteiger partial charge in [-0.1, -0.05) is 40.9 Å². The van der Waals surface area contributed by atoms with Crippen LogP contribution in [0.4, 0.5) is 5.69 Å². The predicted octanol–water partition coefficient (Wildman–Crippen LogP) is 4.54. The second-order valence-corrected chi connectivity index (χ2v) is 6.08. The number of carbonyl (C=O) groups is 2. The topological polar surface area (TPSA) is 75.6 Å². The van der Waals surface area contributed by atoms with E-state index >= 15 is 0 Å². The third-order valence-electron chi connectivity index (χ3n) is 2.99. The summed E-state index contributed by atoms with van der Waals surface area (Å²) in [5.74, 6) is -1.45. The number of halogens is 3. The van der Waals surface area contributed by atoms with Crippen LogP contribution in [0, 0.1) is 0 Å². The Labute approximate surface area is 153 Å². The standard InChI is InChI=1S/C16H12Cl3NO4/c1-8(24-16(23)9-3-2-4-11(21)5-9)15(22)20-14-12(18)6-10(17)7-13(14)19/h2-8,21H,1H3,(H,20,22)/t8-/m0/s1. The predicted molar refractivity (Wildman–Crippen MR) is 93.1 cm³/mol. The molecule has 0 unspecified atom stereocenters. The summed E-state index contributed by atoms with van der Waals surface area (Å²) in [5, 5.41) is 12.5. The van der Waals surface area contributed by atoms with E-state index in [1.165, 1.54) is 43.3 Å². The van der Waals surface area contributed by atoms with Crippen molar-refractivity contribution < 1.29 is 19.4 Å². The number of ether oxygens (including phenoxy) is 1. The third kappa shape index (κ3) is 4.54. The summed E-state index contributed by atoms with van der Waals surface area (Å²) in [6.07, 6.45) is -1.11. The fourth-order valence-electron chi connectivity index (χ4n) is 1.80. The molecule has 0 spiro atoms. The highest BCUT2D eigenvalue weighted by Crippen LogP contribution is 2.33. The van der Waals surface area contributed by atoms with Gasteiger partial charge in [0.15, 0.2) is 6.10 Å². The molecule has 0 aliphatic carbocycles. The van der Waals surface area contributed by atoms with Crippen LogP contribution in [-0.4, -0.2) is 23.1 Å². The Morgan fingerprint density at radius 1 is 1.12 bits per heavy atom. The van der Waals surface area contributed by atoms with Crippen molar-refractivity contribution in [2.24, 2.45) is 0 Å². The lowest BCUT2D eigenvalue weighted by Crippen LogP contribution is -2.30. The van der Waals surface area contributed by atoms with E-state index in [1.807, 2.05) is 0 Å². The molecule has 1 amide bonds. The number of hydrogen-bond acceptors (Lipinski definition) is 4. The molecule has 24 heavy (non-hydrogen) atoms. The summed E-state index contributed by atoms with van der Waals surface area (Å²) < 4.78 is 5.05. The fourth-order valence-corrected chi connectivity index (χ4v) is 2.71. The minimum atomic E-state index is -1.11. The Bertz CT molecular complexity index is 772. The van der Waals surface area contributed by atoms with E-state index in [9.17, 15) is 14.7 Å². The molecule has 2 N–H and O–H groups in total. The van der Waals surface area contributed by atoms with Gasteiger partial charge in [0, 0.05) is 5.02 Å². The van der Waals surface area contributed by atoms with Gasteiger partial charge in [-0.25, -0.2) is 4.79 Å². The van der Waals surface area contributed by atoms with Gasteiger partial charge in [0.2, 0.25) is 0 Å². The Balaban J connectivity index is 2.06. The fraction of sp³-hybridized carbons (Fsp3) is 0.125. The van der Waals surface area contributed by atoms with Gasteiger partial charge in [0.1, 0.15) is 5.75 Å². The molecule has 0 bridgehead atoms. The van der Waals surface area contributed by atoms with Crippen molar-refractivity contribution in [3.63, 3.8) is 0 Å². The van der Waals surface area contributed by atoms with Gasteiger partial charge in [0.25, 0.3) is 5.91 Å². The van der Waals surface area contributed by atoms with Gasteiger partial charge in [-0.3, -0.25) is 4.79 Å². The smallest absolute Gasteiger partial charge is 0.339 e. The molecule has 0 fully saturated rings. The van der Waals surface area contributed by atoms with Crippen molar-refractivity contribution in [1.82, 2.24) is 0 Å². The minimum absolute atomic E-state index is 0.0821. The van der Waals surface area contributed by atoms with Gasteiger partial charge in [-0.2, -0.15) is 0 Å². The molecule has 1 atom stereocenters. The minimum Gasteiger partial charge on any atom is -0.508 e. The molecule has 5 nitrogen and oxygen atoms in total. The number of aromatic hydroxyl groups is 1. The molecule has 2 aromatic carbocycles. The van der Waals surface area contributed by atoms with E-state index in [4.69, 9.17) is 39.5 Å². The number of carbonyl (C=O) groups excluding carboxylic acids is 2. The molecule has 8 heteroatoms. The molecule has 0 aliphatic heterocycles. The Morgan fingerprint density at radius 3 is 2.33 bits per heavy atom. The van der Waals surface area contributed by atoms with E-state index in [0.29, 0.717) is 5.02 Å². The number of esters is 1. The van der Waals surface area contributed by atoms with Crippen LogP contribution in [0.5, 0.6) is 5.75 Å². The Hall–Kier alpha value is -1.95. The number of benzene rings is 2. The number of hydrogen-bond donors (Lipinski definition) is 2. The zero-order chi connectivity index (χ0) is 17.9. The first-order valence-electron chi connectivity index (χ1n) is 6.73. The van der Waals surface area contributed by atoms with Crippen LogP contribution in [0.15, 0.2) is 36.4 Å². The molecule has 0 saturated carbocycles. The normalized spacial score (nSPS) is 11.7. The summed E-state index contributed by atoms with van der Waals surface area (Å²) >= 11 is 17.8. The monoisotopic (exact) mass is 387 g/mol. The molecule has 2 aromatic rings. The van der Waals surface area contributed by atoms with E-state index in [-0.39, 0.29) is 27.0 Å². The van der Waals surface area contributed by atoms with Crippen molar-refractivity contribution in [2.75, 3.05) is 5.32 Å². The van der Waals surface area contributed by atoms with Gasteiger partial charge in [-0.15, -0.1) is 0 Å². The van der Waals surface area contributed by atoms with Crippen molar-refractivity contribution in [3.05, 3.63) is 57.0 Å². The average Bonchev–Trinajstić information content (AvgIpc) is 2.50. The van der Waals surface area contributed by atoms with E-state index in [1.54, 1.807) is 0 Å². The molecule has 0 aromatic heterocycles. The lowest BCUT2D eigenvalue weighted by molar-refractivity contribution is -0.123. The second-order valence-electron chi connectivity index (χ2n) is 4.83. The van der Waals surface area contributed by atoms with Crippen molar-refractivity contribution in [3.8, 4) is 5.75 Å². The number of anilines is 1. The largest absolute Gasteiger partial charge is 0.508 e. The second kappa shape index (κ2) is 7.75. The average molecular weight is 389 g/mol. The summed E-state index contributed by atoms with van der Waals surface area (Å²) in [6, 6.07) is 8.45.